The van der Waals surface area contributed by atoms with Crippen LogP contribution in [-0.4, -0.2) is 46.6 Å². The van der Waals surface area contributed by atoms with Crippen molar-refractivity contribution in [2.45, 2.75) is 18.1 Å². The number of carbonyl (C=O) groups is 1. The summed E-state index contributed by atoms with van der Waals surface area (Å²) < 4.78 is 7.48. The van der Waals surface area contributed by atoms with Crippen molar-refractivity contribution < 1.29 is 9.21 Å². The van der Waals surface area contributed by atoms with Crippen LogP contribution in [0.3, 0.4) is 0 Å². The Morgan fingerprint density at radius 3 is 2.62 bits per heavy atom. The van der Waals surface area contributed by atoms with Crippen molar-refractivity contribution in [3.8, 4) is 11.4 Å². The predicted molar refractivity (Wildman–Crippen MR) is 136 cm³/mol. The minimum atomic E-state index is -0.0343. The van der Waals surface area contributed by atoms with E-state index < -0.39 is 0 Å². The second kappa shape index (κ2) is 11.8. The standard InChI is InChI=1S/C25H26ClN5O2S/c1-30(21-7-3-2-4-8-21)15-6-14-27-23(32)18-34-25-29-28-24(19-10-12-20(26)13-11-19)31(25)17-22-9-5-16-33-22/h2-5,7-13,16H,6,14-15,17-18H2,1H3,(H,27,32). The molecule has 0 aliphatic rings. The molecule has 34 heavy (non-hydrogen) atoms. The molecule has 0 saturated heterocycles. The quantitative estimate of drug-likeness (QED) is 0.234. The number of carbonyl (C=O) groups excluding carboxylic acids is 1. The molecule has 0 radical (unpaired) electrons. The number of furan rings is 1. The molecule has 1 N–H and O–H groups in total. The monoisotopic (exact) mass is 495 g/mol. The molecule has 0 aliphatic heterocycles. The van der Waals surface area contributed by atoms with Gasteiger partial charge in [0.15, 0.2) is 11.0 Å². The molecule has 176 valence electrons. The number of rotatable bonds is 11. The van der Waals surface area contributed by atoms with Crippen molar-refractivity contribution in [3.63, 3.8) is 0 Å². The van der Waals surface area contributed by atoms with E-state index in [0.717, 1.165) is 30.0 Å². The van der Waals surface area contributed by atoms with Gasteiger partial charge in [-0.15, -0.1) is 10.2 Å². The molecular weight excluding hydrogens is 470 g/mol. The van der Waals surface area contributed by atoms with Crippen LogP contribution in [0.4, 0.5) is 5.69 Å². The molecule has 2 heterocycles. The molecule has 0 saturated carbocycles. The summed E-state index contributed by atoms with van der Waals surface area (Å²) in [6, 6.07) is 21.4. The Morgan fingerprint density at radius 1 is 1.09 bits per heavy atom. The van der Waals surface area contributed by atoms with Crippen LogP contribution in [0.25, 0.3) is 11.4 Å². The highest BCUT2D eigenvalue weighted by Crippen LogP contribution is 2.26. The van der Waals surface area contributed by atoms with E-state index in [9.17, 15) is 4.79 Å². The van der Waals surface area contributed by atoms with Crippen molar-refractivity contribution in [1.82, 2.24) is 20.1 Å². The van der Waals surface area contributed by atoms with E-state index in [2.05, 4.69) is 39.6 Å². The van der Waals surface area contributed by atoms with Gasteiger partial charge in [0.1, 0.15) is 5.76 Å². The van der Waals surface area contributed by atoms with E-state index in [-0.39, 0.29) is 11.7 Å². The molecule has 0 aliphatic carbocycles. The molecule has 2 aromatic heterocycles. The van der Waals surface area contributed by atoms with Crippen LogP contribution in [0.15, 0.2) is 82.6 Å². The van der Waals surface area contributed by atoms with Crippen molar-refractivity contribution in [3.05, 3.63) is 83.8 Å². The normalized spacial score (nSPS) is 10.9. The SMILES string of the molecule is CN(CCCNC(=O)CSc1nnc(-c2ccc(Cl)cc2)n1Cc1ccco1)c1ccccc1. The maximum atomic E-state index is 12.4. The lowest BCUT2D eigenvalue weighted by Crippen LogP contribution is -2.29. The lowest BCUT2D eigenvalue weighted by molar-refractivity contribution is -0.118. The molecule has 4 aromatic rings. The summed E-state index contributed by atoms with van der Waals surface area (Å²) >= 11 is 7.39. The number of hydrogen-bond acceptors (Lipinski definition) is 6. The Labute approximate surface area is 208 Å². The van der Waals surface area contributed by atoms with Crippen LogP contribution in [0.2, 0.25) is 5.02 Å². The Kier molecular flexibility index (Phi) is 8.27. The summed E-state index contributed by atoms with van der Waals surface area (Å²) in [5, 5.41) is 13.0. The molecule has 7 nitrogen and oxygen atoms in total. The largest absolute Gasteiger partial charge is 0.467 e. The first-order valence-corrected chi connectivity index (χ1v) is 12.3. The molecule has 9 heteroatoms. The fourth-order valence-electron chi connectivity index (χ4n) is 3.45. The lowest BCUT2D eigenvalue weighted by Gasteiger charge is -2.19. The highest BCUT2D eigenvalue weighted by atomic mass is 35.5. The highest BCUT2D eigenvalue weighted by Gasteiger charge is 2.17. The number of nitrogens with one attached hydrogen (secondary N) is 1. The van der Waals surface area contributed by atoms with E-state index in [1.165, 1.54) is 11.8 Å². The van der Waals surface area contributed by atoms with Gasteiger partial charge in [-0.3, -0.25) is 9.36 Å². The third-order valence-electron chi connectivity index (χ3n) is 5.24. The predicted octanol–water partition coefficient (Wildman–Crippen LogP) is 4.97. The average molecular weight is 496 g/mol. The van der Waals surface area contributed by atoms with Gasteiger partial charge >= 0.3 is 0 Å². The van der Waals surface area contributed by atoms with Gasteiger partial charge in [0.05, 0.1) is 18.6 Å². The minimum absolute atomic E-state index is 0.0343. The molecule has 0 spiro atoms. The first-order chi connectivity index (χ1) is 16.6. The van der Waals surface area contributed by atoms with Crippen molar-refractivity contribution in [2.24, 2.45) is 0 Å². The fourth-order valence-corrected chi connectivity index (χ4v) is 4.34. The zero-order valence-corrected chi connectivity index (χ0v) is 20.4. The van der Waals surface area contributed by atoms with Gasteiger partial charge in [0, 0.05) is 36.4 Å². The summed E-state index contributed by atoms with van der Waals surface area (Å²) in [7, 11) is 2.05. The Balaban J connectivity index is 1.32. The molecule has 0 unspecified atom stereocenters. The number of aromatic nitrogens is 3. The molecule has 0 bridgehead atoms. The number of halogens is 1. The first-order valence-electron chi connectivity index (χ1n) is 11.0. The number of anilines is 1. The summed E-state index contributed by atoms with van der Waals surface area (Å²) in [6.07, 6.45) is 2.49. The van der Waals surface area contributed by atoms with Gasteiger partial charge in [0.2, 0.25) is 5.91 Å². The number of nitrogens with zero attached hydrogens (tertiary/aromatic N) is 4. The number of hydrogen-bond donors (Lipinski definition) is 1. The van der Waals surface area contributed by atoms with E-state index in [1.54, 1.807) is 6.26 Å². The molecular formula is C25H26ClN5O2S. The molecule has 2 aromatic carbocycles. The Morgan fingerprint density at radius 2 is 1.88 bits per heavy atom. The zero-order chi connectivity index (χ0) is 23.8. The molecule has 1 amide bonds. The van der Waals surface area contributed by atoms with Crippen LogP contribution < -0.4 is 10.2 Å². The third-order valence-corrected chi connectivity index (χ3v) is 6.45. The smallest absolute Gasteiger partial charge is 0.230 e. The topological polar surface area (TPSA) is 76.2 Å². The summed E-state index contributed by atoms with van der Waals surface area (Å²) in [5.74, 6) is 1.70. The van der Waals surface area contributed by atoms with E-state index in [0.29, 0.717) is 29.1 Å². The first kappa shape index (κ1) is 23.9. The van der Waals surface area contributed by atoms with Gasteiger partial charge in [-0.05, 0) is 55.0 Å². The summed E-state index contributed by atoms with van der Waals surface area (Å²) in [4.78, 5) is 14.6. The minimum Gasteiger partial charge on any atom is -0.467 e. The van der Waals surface area contributed by atoms with Gasteiger partial charge in [-0.1, -0.05) is 41.6 Å². The van der Waals surface area contributed by atoms with E-state index in [4.69, 9.17) is 16.0 Å². The maximum Gasteiger partial charge on any atom is 0.230 e. The summed E-state index contributed by atoms with van der Waals surface area (Å²) in [6.45, 7) is 1.94. The number of para-hydroxylation sites is 1. The molecule has 0 atom stereocenters. The van der Waals surface area contributed by atoms with E-state index >= 15 is 0 Å². The Hall–Kier alpha value is -3.23. The van der Waals surface area contributed by atoms with Gasteiger partial charge in [-0.2, -0.15) is 0 Å². The van der Waals surface area contributed by atoms with Crippen molar-refractivity contribution in [1.29, 1.82) is 0 Å². The van der Waals surface area contributed by atoms with Crippen molar-refractivity contribution in [2.75, 3.05) is 30.8 Å². The third kappa shape index (κ3) is 6.42. The van der Waals surface area contributed by atoms with Crippen LogP contribution in [-0.2, 0) is 11.3 Å². The van der Waals surface area contributed by atoms with E-state index in [1.807, 2.05) is 59.2 Å². The fraction of sp³-hybridized carbons (Fsp3) is 0.240. The zero-order valence-electron chi connectivity index (χ0n) is 18.9. The van der Waals surface area contributed by atoms with Crippen LogP contribution in [0.1, 0.15) is 12.2 Å². The van der Waals surface area contributed by atoms with Crippen LogP contribution >= 0.6 is 23.4 Å². The van der Waals surface area contributed by atoms with Crippen LogP contribution in [0.5, 0.6) is 0 Å². The second-order valence-corrected chi connectivity index (χ2v) is 9.11. The van der Waals surface area contributed by atoms with Crippen LogP contribution in [0, 0.1) is 0 Å². The molecule has 4 rings (SSSR count). The summed E-state index contributed by atoms with van der Waals surface area (Å²) in [5.41, 5.74) is 2.05. The number of thioether (sulfide) groups is 1. The maximum absolute atomic E-state index is 12.4. The highest BCUT2D eigenvalue weighted by molar-refractivity contribution is 7.99. The lowest BCUT2D eigenvalue weighted by atomic mass is 10.2. The molecule has 0 fully saturated rings. The Bertz CT molecular complexity index is 1180. The number of benzene rings is 2. The van der Waals surface area contributed by atoms with Crippen molar-refractivity contribution >= 4 is 35.0 Å². The van der Waals surface area contributed by atoms with Gasteiger partial charge in [0.25, 0.3) is 0 Å². The van der Waals surface area contributed by atoms with Gasteiger partial charge in [-0.25, -0.2) is 0 Å². The average Bonchev–Trinajstić information content (AvgIpc) is 3.52. The number of amides is 1. The second-order valence-electron chi connectivity index (χ2n) is 7.73. The van der Waals surface area contributed by atoms with Gasteiger partial charge < -0.3 is 14.6 Å².